The molecule has 0 spiro atoms. The van der Waals surface area contributed by atoms with E-state index >= 15 is 0 Å². The number of hydrogen-bond acceptors (Lipinski definition) is 4. The molecule has 1 heterocycles. The monoisotopic (exact) mass is 199 g/mol. The van der Waals surface area contributed by atoms with Crippen molar-refractivity contribution in [1.29, 1.82) is 0 Å². The Balaban J connectivity index is 2.40. The summed E-state index contributed by atoms with van der Waals surface area (Å²) < 4.78 is 0. The SMILES string of the molecule is CC(C)CC(C)Nc1ncc(N)s1. The van der Waals surface area contributed by atoms with Gasteiger partial charge < -0.3 is 11.1 Å². The molecule has 0 radical (unpaired) electrons. The molecule has 1 aromatic rings. The van der Waals surface area contributed by atoms with Gasteiger partial charge in [0.15, 0.2) is 5.13 Å². The van der Waals surface area contributed by atoms with Crippen molar-refractivity contribution in [2.24, 2.45) is 5.92 Å². The first-order valence-corrected chi connectivity index (χ1v) is 5.37. The number of nitrogens with one attached hydrogen (secondary N) is 1. The number of thiazole rings is 1. The Labute approximate surface area is 83.4 Å². The second-order valence-corrected chi connectivity index (χ2v) is 4.80. The van der Waals surface area contributed by atoms with E-state index in [-0.39, 0.29) is 0 Å². The molecule has 0 bridgehead atoms. The summed E-state index contributed by atoms with van der Waals surface area (Å²) >= 11 is 1.50. The summed E-state index contributed by atoms with van der Waals surface area (Å²) in [5, 5.41) is 5.01. The Morgan fingerprint density at radius 1 is 1.54 bits per heavy atom. The first-order valence-electron chi connectivity index (χ1n) is 4.55. The fraction of sp³-hybridized carbons (Fsp3) is 0.667. The van der Waals surface area contributed by atoms with Gasteiger partial charge >= 0.3 is 0 Å². The lowest BCUT2D eigenvalue weighted by Crippen LogP contribution is -2.17. The van der Waals surface area contributed by atoms with Gasteiger partial charge in [-0.2, -0.15) is 0 Å². The lowest BCUT2D eigenvalue weighted by atomic mass is 10.1. The molecule has 74 valence electrons. The molecular formula is C9H17N3S. The molecule has 0 aliphatic heterocycles. The quantitative estimate of drug-likeness (QED) is 0.783. The molecule has 0 saturated heterocycles. The molecule has 13 heavy (non-hydrogen) atoms. The molecule has 0 aliphatic rings. The fourth-order valence-electron chi connectivity index (χ4n) is 1.33. The van der Waals surface area contributed by atoms with E-state index in [0.717, 1.165) is 16.6 Å². The standard InChI is InChI=1S/C9H17N3S/c1-6(2)4-7(3)12-9-11-5-8(10)13-9/h5-7H,4,10H2,1-3H3,(H,11,12). The highest BCUT2D eigenvalue weighted by Gasteiger charge is 2.06. The summed E-state index contributed by atoms with van der Waals surface area (Å²) in [7, 11) is 0. The van der Waals surface area contributed by atoms with Crippen LogP contribution in [0.2, 0.25) is 0 Å². The van der Waals surface area contributed by atoms with Crippen LogP contribution in [-0.2, 0) is 0 Å². The third-order valence-corrected chi connectivity index (χ3v) is 2.48. The van der Waals surface area contributed by atoms with E-state index in [1.165, 1.54) is 11.3 Å². The second kappa shape index (κ2) is 4.46. The molecule has 1 unspecified atom stereocenters. The van der Waals surface area contributed by atoms with Crippen LogP contribution in [0.3, 0.4) is 0 Å². The highest BCUT2D eigenvalue weighted by Crippen LogP contribution is 2.21. The van der Waals surface area contributed by atoms with Crippen molar-refractivity contribution in [3.05, 3.63) is 6.20 Å². The normalized spacial score (nSPS) is 13.2. The Morgan fingerprint density at radius 2 is 2.23 bits per heavy atom. The Morgan fingerprint density at radius 3 is 2.69 bits per heavy atom. The first kappa shape index (κ1) is 10.3. The molecule has 0 amide bonds. The van der Waals surface area contributed by atoms with E-state index in [1.807, 2.05) is 0 Å². The van der Waals surface area contributed by atoms with Gasteiger partial charge in [-0.1, -0.05) is 25.2 Å². The van der Waals surface area contributed by atoms with Gasteiger partial charge in [-0.3, -0.25) is 0 Å². The topological polar surface area (TPSA) is 50.9 Å². The minimum atomic E-state index is 0.463. The van der Waals surface area contributed by atoms with Gasteiger partial charge in [-0.05, 0) is 19.3 Å². The van der Waals surface area contributed by atoms with E-state index in [9.17, 15) is 0 Å². The van der Waals surface area contributed by atoms with Crippen LogP contribution >= 0.6 is 11.3 Å². The van der Waals surface area contributed by atoms with Crippen molar-refractivity contribution in [2.75, 3.05) is 11.1 Å². The van der Waals surface area contributed by atoms with Crippen molar-refractivity contribution in [1.82, 2.24) is 4.98 Å². The summed E-state index contributed by atoms with van der Waals surface area (Å²) in [4.78, 5) is 4.15. The molecule has 1 atom stereocenters. The minimum Gasteiger partial charge on any atom is -0.389 e. The van der Waals surface area contributed by atoms with Crippen molar-refractivity contribution in [3.63, 3.8) is 0 Å². The number of nitrogens with zero attached hydrogens (tertiary/aromatic N) is 1. The number of nitrogens with two attached hydrogens (primary N) is 1. The second-order valence-electron chi connectivity index (χ2n) is 3.74. The average Bonchev–Trinajstić information content (AvgIpc) is 2.33. The summed E-state index contributed by atoms with van der Waals surface area (Å²) in [5.74, 6) is 0.708. The molecule has 4 heteroatoms. The minimum absolute atomic E-state index is 0.463. The molecule has 3 N–H and O–H groups in total. The van der Waals surface area contributed by atoms with E-state index in [4.69, 9.17) is 5.73 Å². The van der Waals surface area contributed by atoms with Gasteiger partial charge in [0.1, 0.15) is 5.00 Å². The zero-order valence-corrected chi connectivity index (χ0v) is 9.19. The van der Waals surface area contributed by atoms with Gasteiger partial charge in [-0.25, -0.2) is 4.98 Å². The Bertz CT molecular complexity index is 257. The number of aromatic nitrogens is 1. The van der Waals surface area contributed by atoms with Crippen LogP contribution < -0.4 is 11.1 Å². The summed E-state index contributed by atoms with van der Waals surface area (Å²) in [5.41, 5.74) is 5.57. The molecule has 1 rings (SSSR count). The Hall–Kier alpha value is -0.770. The first-order chi connectivity index (χ1) is 6.08. The maximum atomic E-state index is 5.57. The van der Waals surface area contributed by atoms with Gasteiger partial charge in [0.2, 0.25) is 0 Å². The van der Waals surface area contributed by atoms with Crippen LogP contribution in [-0.4, -0.2) is 11.0 Å². The summed E-state index contributed by atoms with van der Waals surface area (Å²) in [6.45, 7) is 6.60. The molecule has 0 fully saturated rings. The highest BCUT2D eigenvalue weighted by atomic mass is 32.1. The molecule has 3 nitrogen and oxygen atoms in total. The maximum absolute atomic E-state index is 5.57. The van der Waals surface area contributed by atoms with Crippen molar-refractivity contribution >= 4 is 21.5 Å². The molecule has 0 saturated carbocycles. The van der Waals surface area contributed by atoms with Crippen LogP contribution in [0, 0.1) is 5.92 Å². The third kappa shape index (κ3) is 3.63. The van der Waals surface area contributed by atoms with Crippen molar-refractivity contribution in [3.8, 4) is 0 Å². The average molecular weight is 199 g/mol. The van der Waals surface area contributed by atoms with E-state index in [2.05, 4.69) is 31.1 Å². The van der Waals surface area contributed by atoms with Crippen LogP contribution in [0.1, 0.15) is 27.2 Å². The highest BCUT2D eigenvalue weighted by molar-refractivity contribution is 7.19. The fourth-order valence-corrected chi connectivity index (χ4v) is 2.02. The number of hydrogen-bond donors (Lipinski definition) is 2. The summed E-state index contributed by atoms with van der Waals surface area (Å²) in [6, 6.07) is 0.463. The maximum Gasteiger partial charge on any atom is 0.184 e. The van der Waals surface area contributed by atoms with E-state index in [1.54, 1.807) is 6.20 Å². The van der Waals surface area contributed by atoms with E-state index in [0.29, 0.717) is 12.0 Å². The van der Waals surface area contributed by atoms with E-state index < -0.39 is 0 Å². The van der Waals surface area contributed by atoms with Crippen LogP contribution in [0.25, 0.3) is 0 Å². The molecule has 0 aromatic carbocycles. The van der Waals surface area contributed by atoms with Crippen molar-refractivity contribution in [2.45, 2.75) is 33.2 Å². The lowest BCUT2D eigenvalue weighted by Gasteiger charge is -2.14. The van der Waals surface area contributed by atoms with Gasteiger partial charge in [0, 0.05) is 6.04 Å². The predicted octanol–water partition coefficient (Wildman–Crippen LogP) is 2.57. The Kier molecular flexibility index (Phi) is 3.54. The van der Waals surface area contributed by atoms with Gasteiger partial charge in [0.25, 0.3) is 0 Å². The zero-order valence-electron chi connectivity index (χ0n) is 8.37. The lowest BCUT2D eigenvalue weighted by molar-refractivity contribution is 0.539. The molecule has 0 aliphatic carbocycles. The number of rotatable bonds is 4. The predicted molar refractivity (Wildman–Crippen MR) is 59.1 cm³/mol. The smallest absolute Gasteiger partial charge is 0.184 e. The molecular weight excluding hydrogens is 182 g/mol. The van der Waals surface area contributed by atoms with Crippen LogP contribution in [0.15, 0.2) is 6.20 Å². The molecule has 1 aromatic heterocycles. The number of anilines is 2. The zero-order chi connectivity index (χ0) is 9.84. The third-order valence-electron chi connectivity index (χ3n) is 1.72. The van der Waals surface area contributed by atoms with Gasteiger partial charge in [0.05, 0.1) is 6.20 Å². The number of nitrogen functional groups attached to an aromatic ring is 1. The van der Waals surface area contributed by atoms with Gasteiger partial charge in [-0.15, -0.1) is 0 Å². The van der Waals surface area contributed by atoms with Crippen molar-refractivity contribution < 1.29 is 0 Å². The van der Waals surface area contributed by atoms with Crippen LogP contribution in [0.5, 0.6) is 0 Å². The largest absolute Gasteiger partial charge is 0.389 e. The van der Waals surface area contributed by atoms with Crippen LogP contribution in [0.4, 0.5) is 10.1 Å². The summed E-state index contributed by atoms with van der Waals surface area (Å²) in [6.07, 6.45) is 2.84.